The van der Waals surface area contributed by atoms with Crippen LogP contribution in [0.4, 0.5) is 5.69 Å². The maximum atomic E-state index is 11.0. The number of benzene rings is 1. The summed E-state index contributed by atoms with van der Waals surface area (Å²) in [6, 6.07) is 5.00. The molecule has 0 saturated carbocycles. The molecule has 1 aromatic carbocycles. The van der Waals surface area contributed by atoms with Crippen LogP contribution < -0.4 is 0 Å². The third-order valence-electron chi connectivity index (χ3n) is 4.57. The van der Waals surface area contributed by atoms with Gasteiger partial charge in [0, 0.05) is 23.5 Å². The minimum absolute atomic E-state index is 0.0687. The van der Waals surface area contributed by atoms with Crippen molar-refractivity contribution < 1.29 is 10.0 Å². The number of nitro groups is 1. The van der Waals surface area contributed by atoms with Crippen molar-refractivity contribution in [1.82, 2.24) is 0 Å². The molecule has 0 aromatic heterocycles. The molecule has 3 rings (SSSR count). The largest absolute Gasteiger partial charge is 0.392 e. The second-order valence-corrected chi connectivity index (χ2v) is 5.83. The van der Waals surface area contributed by atoms with E-state index in [1.165, 1.54) is 6.07 Å². The van der Waals surface area contributed by atoms with Crippen molar-refractivity contribution in [2.75, 3.05) is 0 Å². The molecule has 0 amide bonds. The Hall–Kier alpha value is -1.94. The minimum Gasteiger partial charge on any atom is -0.392 e. The average Bonchev–Trinajstić information content (AvgIpc) is 2.67. The average molecular weight is 271 g/mol. The van der Waals surface area contributed by atoms with Crippen LogP contribution >= 0.6 is 0 Å². The molecular formula is C16H17NO3. The Morgan fingerprint density at radius 2 is 2.25 bits per heavy atom. The highest BCUT2D eigenvalue weighted by atomic mass is 16.6. The van der Waals surface area contributed by atoms with Gasteiger partial charge in [-0.3, -0.25) is 10.1 Å². The van der Waals surface area contributed by atoms with Crippen molar-refractivity contribution in [2.45, 2.75) is 37.7 Å². The first kappa shape index (κ1) is 13.1. The molecule has 0 bridgehead atoms. The summed E-state index contributed by atoms with van der Waals surface area (Å²) >= 11 is 0. The molecule has 0 spiro atoms. The lowest BCUT2D eigenvalue weighted by atomic mass is 9.73. The van der Waals surface area contributed by atoms with Gasteiger partial charge in [0.2, 0.25) is 0 Å². The zero-order chi connectivity index (χ0) is 14.5. The summed E-state index contributed by atoms with van der Waals surface area (Å²) in [6.45, 7) is 3.88. The molecule has 20 heavy (non-hydrogen) atoms. The van der Waals surface area contributed by atoms with E-state index in [2.05, 4.69) is 13.0 Å². The second kappa shape index (κ2) is 4.28. The predicted molar refractivity (Wildman–Crippen MR) is 76.7 cm³/mol. The first-order valence-electron chi connectivity index (χ1n) is 6.79. The van der Waals surface area contributed by atoms with Gasteiger partial charge < -0.3 is 5.11 Å². The number of nitro benzene ring substituents is 1. The summed E-state index contributed by atoms with van der Waals surface area (Å²) in [5.41, 5.74) is 3.03. The molecule has 4 heteroatoms. The van der Waals surface area contributed by atoms with E-state index in [9.17, 15) is 15.2 Å². The van der Waals surface area contributed by atoms with E-state index in [1.807, 2.05) is 12.2 Å². The highest BCUT2D eigenvalue weighted by molar-refractivity contribution is 5.60. The van der Waals surface area contributed by atoms with Gasteiger partial charge in [-0.25, -0.2) is 0 Å². The molecule has 0 aliphatic heterocycles. The van der Waals surface area contributed by atoms with E-state index in [4.69, 9.17) is 0 Å². The Labute approximate surface area is 117 Å². The molecule has 2 aliphatic carbocycles. The number of allylic oxidation sites excluding steroid dienone is 3. The number of non-ortho nitro benzene ring substituents is 1. The zero-order valence-electron chi connectivity index (χ0n) is 11.5. The van der Waals surface area contributed by atoms with Gasteiger partial charge in [0.15, 0.2) is 0 Å². The quantitative estimate of drug-likeness (QED) is 0.663. The molecule has 0 fully saturated rings. The number of nitrogens with zero attached hydrogens (tertiary/aromatic N) is 1. The van der Waals surface area contributed by atoms with Crippen molar-refractivity contribution in [3.05, 3.63) is 63.2 Å². The van der Waals surface area contributed by atoms with Crippen molar-refractivity contribution in [1.29, 1.82) is 0 Å². The van der Waals surface area contributed by atoms with Gasteiger partial charge in [0.25, 0.3) is 5.69 Å². The monoisotopic (exact) mass is 271 g/mol. The maximum absolute atomic E-state index is 11.0. The van der Waals surface area contributed by atoms with Crippen molar-refractivity contribution >= 4 is 5.69 Å². The van der Waals surface area contributed by atoms with Crippen molar-refractivity contribution in [2.24, 2.45) is 0 Å². The smallest absolute Gasteiger partial charge is 0.269 e. The molecule has 3 unspecified atom stereocenters. The Morgan fingerprint density at radius 3 is 2.90 bits per heavy atom. The first-order chi connectivity index (χ1) is 9.45. The van der Waals surface area contributed by atoms with E-state index >= 15 is 0 Å². The van der Waals surface area contributed by atoms with Gasteiger partial charge >= 0.3 is 0 Å². The van der Waals surface area contributed by atoms with Crippen LogP contribution in [-0.4, -0.2) is 16.1 Å². The summed E-state index contributed by atoms with van der Waals surface area (Å²) < 4.78 is 0. The summed E-state index contributed by atoms with van der Waals surface area (Å²) in [5, 5.41) is 21.1. The number of aliphatic hydroxyl groups excluding tert-OH is 1. The van der Waals surface area contributed by atoms with E-state index in [0.717, 1.165) is 23.1 Å². The van der Waals surface area contributed by atoms with Gasteiger partial charge in [-0.05, 0) is 30.0 Å². The highest BCUT2D eigenvalue weighted by Gasteiger charge is 2.46. The van der Waals surface area contributed by atoms with Crippen LogP contribution in [0.2, 0.25) is 0 Å². The zero-order valence-corrected chi connectivity index (χ0v) is 11.5. The fourth-order valence-electron chi connectivity index (χ4n) is 3.58. The molecule has 104 valence electrons. The van der Waals surface area contributed by atoms with E-state index in [0.29, 0.717) is 0 Å². The predicted octanol–water partition coefficient (Wildman–Crippen LogP) is 3.22. The summed E-state index contributed by atoms with van der Waals surface area (Å²) in [4.78, 5) is 10.6. The van der Waals surface area contributed by atoms with Gasteiger partial charge in [-0.1, -0.05) is 31.2 Å². The van der Waals surface area contributed by atoms with Gasteiger partial charge in [0.1, 0.15) is 0 Å². The maximum Gasteiger partial charge on any atom is 0.269 e. The van der Waals surface area contributed by atoms with Crippen LogP contribution in [0.25, 0.3) is 0 Å². The van der Waals surface area contributed by atoms with Crippen LogP contribution in [0.1, 0.15) is 37.3 Å². The lowest BCUT2D eigenvalue weighted by Gasteiger charge is -2.30. The van der Waals surface area contributed by atoms with Crippen LogP contribution in [0.5, 0.6) is 0 Å². The van der Waals surface area contributed by atoms with E-state index < -0.39 is 6.10 Å². The number of hydrogen-bond donors (Lipinski definition) is 1. The fourth-order valence-corrected chi connectivity index (χ4v) is 3.58. The lowest BCUT2D eigenvalue weighted by Crippen LogP contribution is -2.25. The Bertz CT molecular complexity index is 645. The molecule has 1 aromatic rings. The SMILES string of the molecule is CC(O)C1C2=CC=CCC2(C)c2cc([N+](=O)[O-])ccc21. The molecule has 0 heterocycles. The number of aliphatic hydroxyl groups is 1. The molecule has 1 N–H and O–H groups in total. The number of rotatable bonds is 2. The summed E-state index contributed by atoms with van der Waals surface area (Å²) in [5.74, 6) is -0.0687. The Balaban J connectivity index is 2.24. The normalized spacial score (nSPS) is 28.6. The minimum atomic E-state index is -0.505. The molecular weight excluding hydrogens is 254 g/mol. The van der Waals surface area contributed by atoms with Crippen LogP contribution in [-0.2, 0) is 5.41 Å². The van der Waals surface area contributed by atoms with Crippen molar-refractivity contribution in [3.63, 3.8) is 0 Å². The fraction of sp³-hybridized carbons (Fsp3) is 0.375. The van der Waals surface area contributed by atoms with Gasteiger partial charge in [-0.2, -0.15) is 0 Å². The third kappa shape index (κ3) is 1.64. The molecule has 4 nitrogen and oxygen atoms in total. The standard InChI is InChI=1S/C16H17NO3/c1-10(18)15-12-7-6-11(17(19)20)9-14(12)16(2)8-4-3-5-13(15)16/h3-7,9-10,15,18H,8H2,1-2H3. The third-order valence-corrected chi connectivity index (χ3v) is 4.57. The molecule has 2 aliphatic rings. The lowest BCUT2D eigenvalue weighted by molar-refractivity contribution is -0.385. The van der Waals surface area contributed by atoms with Crippen LogP contribution in [0.15, 0.2) is 42.0 Å². The molecule has 0 saturated heterocycles. The van der Waals surface area contributed by atoms with E-state index in [-0.39, 0.29) is 21.9 Å². The van der Waals surface area contributed by atoms with E-state index in [1.54, 1.807) is 19.1 Å². The van der Waals surface area contributed by atoms with Gasteiger partial charge in [0.05, 0.1) is 11.0 Å². The van der Waals surface area contributed by atoms with Crippen LogP contribution in [0, 0.1) is 10.1 Å². The highest BCUT2D eigenvalue weighted by Crippen LogP contribution is 2.55. The second-order valence-electron chi connectivity index (χ2n) is 5.83. The summed E-state index contributed by atoms with van der Waals surface area (Å²) in [7, 11) is 0. The topological polar surface area (TPSA) is 63.4 Å². The number of hydrogen-bond acceptors (Lipinski definition) is 3. The molecule has 3 atom stereocenters. The Morgan fingerprint density at radius 1 is 1.50 bits per heavy atom. The first-order valence-corrected chi connectivity index (χ1v) is 6.79. The number of fused-ring (bicyclic) bond motifs is 3. The molecule has 0 radical (unpaired) electrons. The Kier molecular flexibility index (Phi) is 2.80. The van der Waals surface area contributed by atoms with Crippen molar-refractivity contribution in [3.8, 4) is 0 Å². The van der Waals surface area contributed by atoms with Gasteiger partial charge in [-0.15, -0.1) is 0 Å². The summed E-state index contributed by atoms with van der Waals surface area (Å²) in [6.07, 6.45) is 6.45. The van der Waals surface area contributed by atoms with Crippen LogP contribution in [0.3, 0.4) is 0 Å².